The molecule has 0 unspecified atom stereocenters. The van der Waals surface area contributed by atoms with Gasteiger partial charge < -0.3 is 4.90 Å². The second-order valence-corrected chi connectivity index (χ2v) is 7.67. The van der Waals surface area contributed by atoms with Crippen molar-refractivity contribution in [2.45, 2.75) is 24.7 Å². The number of carbonyl (C=O) groups is 2. The Bertz CT molecular complexity index is 967. The lowest BCUT2D eigenvalue weighted by Gasteiger charge is -2.26. The van der Waals surface area contributed by atoms with E-state index in [4.69, 9.17) is 0 Å². The highest BCUT2D eigenvalue weighted by molar-refractivity contribution is 7.92. The van der Waals surface area contributed by atoms with Crippen molar-refractivity contribution in [3.8, 4) is 0 Å². The van der Waals surface area contributed by atoms with E-state index in [9.17, 15) is 18.0 Å². The van der Waals surface area contributed by atoms with Crippen LogP contribution in [-0.2, 0) is 21.2 Å². The molecule has 0 aliphatic carbocycles. The van der Waals surface area contributed by atoms with Crippen LogP contribution >= 0.6 is 0 Å². The third-order valence-corrected chi connectivity index (χ3v) is 5.61. The van der Waals surface area contributed by atoms with Crippen molar-refractivity contribution in [1.82, 2.24) is 0 Å². The van der Waals surface area contributed by atoms with E-state index in [-0.39, 0.29) is 16.6 Å². The van der Waals surface area contributed by atoms with Gasteiger partial charge in [-0.3, -0.25) is 14.3 Å². The highest BCUT2D eigenvalue weighted by atomic mass is 32.2. The monoisotopic (exact) mass is 358 g/mol. The number of fused-ring (bicyclic) bond motifs is 1. The number of sulfonamides is 1. The molecule has 25 heavy (non-hydrogen) atoms. The molecule has 0 spiro atoms. The average molecular weight is 358 g/mol. The first-order chi connectivity index (χ1) is 11.8. The Morgan fingerprint density at radius 2 is 1.88 bits per heavy atom. The molecule has 0 aromatic heterocycles. The minimum absolute atomic E-state index is 0.0160. The molecule has 0 radical (unpaired) electrons. The maximum absolute atomic E-state index is 12.6. The fraction of sp³-hybridized carbons (Fsp3) is 0.222. The Morgan fingerprint density at radius 3 is 2.60 bits per heavy atom. The van der Waals surface area contributed by atoms with E-state index in [0.717, 1.165) is 11.3 Å². The summed E-state index contributed by atoms with van der Waals surface area (Å²) in [5.41, 5.74) is 2.32. The molecule has 0 saturated heterocycles. The molecular weight excluding hydrogens is 340 g/mol. The van der Waals surface area contributed by atoms with E-state index in [0.29, 0.717) is 24.1 Å². The number of aryl methyl sites for hydroxylation is 1. The molecule has 0 saturated carbocycles. The molecule has 2 aromatic carbocycles. The molecule has 2 aromatic rings. The van der Waals surface area contributed by atoms with Crippen molar-refractivity contribution in [1.29, 1.82) is 0 Å². The zero-order valence-corrected chi connectivity index (χ0v) is 14.8. The maximum atomic E-state index is 12.6. The normalized spacial score (nSPS) is 14.2. The quantitative estimate of drug-likeness (QED) is 0.852. The minimum atomic E-state index is -3.79. The summed E-state index contributed by atoms with van der Waals surface area (Å²) < 4.78 is 27.8. The van der Waals surface area contributed by atoms with Crippen molar-refractivity contribution in [3.05, 3.63) is 53.6 Å². The number of anilines is 2. The topological polar surface area (TPSA) is 83.5 Å². The van der Waals surface area contributed by atoms with Crippen molar-refractivity contribution in [3.63, 3.8) is 0 Å². The summed E-state index contributed by atoms with van der Waals surface area (Å²) in [5.74, 6) is -0.121. The molecule has 130 valence electrons. The summed E-state index contributed by atoms with van der Waals surface area (Å²) in [6.45, 7) is 1.43. The zero-order valence-electron chi connectivity index (χ0n) is 13.9. The van der Waals surface area contributed by atoms with Gasteiger partial charge in [-0.25, -0.2) is 8.42 Å². The number of benzene rings is 2. The van der Waals surface area contributed by atoms with Crippen LogP contribution in [0.2, 0.25) is 0 Å². The molecular formula is C18H18N2O4S. The van der Waals surface area contributed by atoms with Crippen LogP contribution in [0.5, 0.6) is 0 Å². The third-order valence-electron chi connectivity index (χ3n) is 4.23. The Morgan fingerprint density at radius 1 is 1.12 bits per heavy atom. The maximum Gasteiger partial charge on any atom is 0.261 e. The van der Waals surface area contributed by atoms with E-state index in [1.54, 1.807) is 42.3 Å². The van der Waals surface area contributed by atoms with Gasteiger partial charge in [-0.05, 0) is 49.2 Å². The number of Topliss-reactive ketones (excluding diaryl/α,β-unsaturated/α-hetero) is 1. The van der Waals surface area contributed by atoms with E-state index in [2.05, 4.69) is 4.72 Å². The van der Waals surface area contributed by atoms with Gasteiger partial charge in [0.15, 0.2) is 5.78 Å². The van der Waals surface area contributed by atoms with Crippen LogP contribution in [0.3, 0.4) is 0 Å². The first kappa shape index (κ1) is 17.2. The average Bonchev–Trinajstić information content (AvgIpc) is 2.58. The van der Waals surface area contributed by atoms with Crippen molar-refractivity contribution in [2.24, 2.45) is 0 Å². The molecule has 1 aliphatic rings. The number of rotatable bonds is 4. The van der Waals surface area contributed by atoms with Crippen LogP contribution in [-0.4, -0.2) is 27.2 Å². The SMILES string of the molecule is CC(=O)c1cccc(NS(=O)(=O)c2ccc3c(c2)CCC(=O)N3C)c1. The van der Waals surface area contributed by atoms with Crippen LogP contribution in [0, 0.1) is 0 Å². The Kier molecular flexibility index (Phi) is 4.34. The molecule has 0 fully saturated rings. The van der Waals surface area contributed by atoms with E-state index in [1.807, 2.05) is 0 Å². The summed E-state index contributed by atoms with van der Waals surface area (Å²) in [4.78, 5) is 24.8. The number of ketones is 1. The summed E-state index contributed by atoms with van der Waals surface area (Å²) >= 11 is 0. The molecule has 1 aliphatic heterocycles. The largest absolute Gasteiger partial charge is 0.315 e. The second-order valence-electron chi connectivity index (χ2n) is 5.99. The van der Waals surface area contributed by atoms with Gasteiger partial charge in [0.1, 0.15) is 0 Å². The Labute approximate surface area is 146 Å². The van der Waals surface area contributed by atoms with Crippen LogP contribution < -0.4 is 9.62 Å². The Balaban J connectivity index is 1.92. The third kappa shape index (κ3) is 3.41. The molecule has 7 heteroatoms. The highest BCUT2D eigenvalue weighted by Crippen LogP contribution is 2.29. The summed E-state index contributed by atoms with van der Waals surface area (Å²) in [5, 5.41) is 0. The predicted octanol–water partition coefficient (Wildman–Crippen LogP) is 2.60. The Hall–Kier alpha value is -2.67. The van der Waals surface area contributed by atoms with Gasteiger partial charge in [0.05, 0.1) is 4.90 Å². The lowest BCUT2D eigenvalue weighted by Crippen LogP contribution is -2.31. The first-order valence-corrected chi connectivity index (χ1v) is 9.29. The summed E-state index contributed by atoms with van der Waals surface area (Å²) in [6, 6.07) is 11.1. The summed E-state index contributed by atoms with van der Waals surface area (Å²) in [6.07, 6.45) is 0.878. The molecule has 1 amide bonds. The number of hydrogen-bond donors (Lipinski definition) is 1. The molecule has 0 atom stereocenters. The molecule has 6 nitrogen and oxygen atoms in total. The van der Waals surface area contributed by atoms with E-state index >= 15 is 0 Å². The van der Waals surface area contributed by atoms with E-state index in [1.165, 1.54) is 19.1 Å². The number of hydrogen-bond acceptors (Lipinski definition) is 4. The lowest BCUT2D eigenvalue weighted by atomic mass is 10.0. The van der Waals surface area contributed by atoms with E-state index < -0.39 is 10.0 Å². The number of carbonyl (C=O) groups excluding carboxylic acids is 2. The molecule has 0 bridgehead atoms. The molecule has 3 rings (SSSR count). The van der Waals surface area contributed by atoms with Gasteiger partial charge in [0.2, 0.25) is 5.91 Å². The number of amides is 1. The van der Waals surface area contributed by atoms with Crippen LogP contribution in [0.4, 0.5) is 11.4 Å². The summed E-state index contributed by atoms with van der Waals surface area (Å²) in [7, 11) is -2.10. The van der Waals surface area contributed by atoms with Gasteiger partial charge in [-0.1, -0.05) is 12.1 Å². The van der Waals surface area contributed by atoms with Gasteiger partial charge in [-0.2, -0.15) is 0 Å². The zero-order chi connectivity index (χ0) is 18.2. The van der Waals surface area contributed by atoms with Crippen molar-refractivity contribution in [2.75, 3.05) is 16.7 Å². The van der Waals surface area contributed by atoms with Gasteiger partial charge in [-0.15, -0.1) is 0 Å². The number of nitrogens with one attached hydrogen (secondary N) is 1. The fourth-order valence-electron chi connectivity index (χ4n) is 2.82. The van der Waals surface area contributed by atoms with Crippen LogP contribution in [0.15, 0.2) is 47.4 Å². The first-order valence-electron chi connectivity index (χ1n) is 7.81. The van der Waals surface area contributed by atoms with Crippen LogP contribution in [0.1, 0.15) is 29.3 Å². The van der Waals surface area contributed by atoms with Gasteiger partial charge in [0, 0.05) is 30.4 Å². The fourth-order valence-corrected chi connectivity index (χ4v) is 3.92. The second kappa shape index (κ2) is 6.33. The van der Waals surface area contributed by atoms with Gasteiger partial charge >= 0.3 is 0 Å². The molecule has 1 N–H and O–H groups in total. The smallest absolute Gasteiger partial charge is 0.261 e. The van der Waals surface area contributed by atoms with Gasteiger partial charge in [0.25, 0.3) is 10.0 Å². The van der Waals surface area contributed by atoms with Crippen molar-refractivity contribution >= 4 is 33.1 Å². The highest BCUT2D eigenvalue weighted by Gasteiger charge is 2.23. The lowest BCUT2D eigenvalue weighted by molar-refractivity contribution is -0.118. The predicted molar refractivity (Wildman–Crippen MR) is 95.4 cm³/mol. The standard InChI is InChI=1S/C18H18N2O4S/c1-12(21)13-4-3-5-15(10-13)19-25(23,24)16-7-8-17-14(11-16)6-9-18(22)20(17)2/h3-5,7-8,10-11,19H,6,9H2,1-2H3. The minimum Gasteiger partial charge on any atom is -0.315 e. The number of nitrogens with zero attached hydrogens (tertiary/aromatic N) is 1. The van der Waals surface area contributed by atoms with Crippen LogP contribution in [0.25, 0.3) is 0 Å². The van der Waals surface area contributed by atoms with Crippen molar-refractivity contribution < 1.29 is 18.0 Å². The molecule has 1 heterocycles.